The fourth-order valence-electron chi connectivity index (χ4n) is 3.24. The summed E-state index contributed by atoms with van der Waals surface area (Å²) in [5.74, 6) is -0.618. The van der Waals surface area contributed by atoms with Crippen LogP contribution in [0.2, 0.25) is 5.28 Å². The minimum absolute atomic E-state index is 0.117. The SMILES string of the molecule is CC(=O)CC(=O)OCC[C]1(OC(C)C)CCC[CH2][Al]1[O]C(C)C. The van der Waals surface area contributed by atoms with Crippen LogP contribution in [0.15, 0.2) is 0 Å². The zero-order chi connectivity index (χ0) is 17.5. The van der Waals surface area contributed by atoms with Crippen LogP contribution in [0, 0.1) is 0 Å². The molecule has 0 aromatic rings. The predicted octanol–water partition coefficient (Wildman–Crippen LogP) is 3.20. The third-order valence-corrected chi connectivity index (χ3v) is 7.68. The van der Waals surface area contributed by atoms with Gasteiger partial charge in [0.2, 0.25) is 0 Å². The number of ketones is 1. The molecule has 1 atom stereocenters. The zero-order valence-corrected chi connectivity index (χ0v) is 16.4. The molecule has 1 saturated heterocycles. The minimum atomic E-state index is -1.56. The third-order valence-electron chi connectivity index (χ3n) is 3.99. The first-order valence-corrected chi connectivity index (χ1v) is 10.6. The number of ether oxygens (including phenoxy) is 2. The molecule has 5 nitrogen and oxygen atoms in total. The van der Waals surface area contributed by atoms with Gasteiger partial charge >= 0.3 is 20.5 Å². The Kier molecular flexibility index (Phi) is 8.78. The molecule has 23 heavy (non-hydrogen) atoms. The monoisotopic (exact) mass is 342 g/mol. The molecule has 0 bridgehead atoms. The Morgan fingerprint density at radius 3 is 2.39 bits per heavy atom. The van der Waals surface area contributed by atoms with Crippen molar-refractivity contribution in [1.82, 2.24) is 0 Å². The maximum Gasteiger partial charge on any atom is 0.496 e. The molecule has 0 aliphatic carbocycles. The number of esters is 1. The van der Waals surface area contributed by atoms with Crippen molar-refractivity contribution in [3.05, 3.63) is 0 Å². The van der Waals surface area contributed by atoms with Gasteiger partial charge in [0.1, 0.15) is 12.2 Å². The van der Waals surface area contributed by atoms with Crippen molar-refractivity contribution in [3.8, 4) is 0 Å². The van der Waals surface area contributed by atoms with E-state index < -0.39 is 20.5 Å². The molecule has 1 aliphatic rings. The summed E-state index contributed by atoms with van der Waals surface area (Å²) in [7, 11) is 0. The molecule has 0 aromatic heterocycles. The van der Waals surface area contributed by atoms with Gasteiger partial charge in [0.25, 0.3) is 0 Å². The maximum atomic E-state index is 11.6. The summed E-state index contributed by atoms with van der Waals surface area (Å²) in [6.07, 6.45) is 4.11. The molecule has 132 valence electrons. The lowest BCUT2D eigenvalue weighted by Crippen LogP contribution is -2.55. The minimum Gasteiger partial charge on any atom is -0.497 e. The Morgan fingerprint density at radius 1 is 1.13 bits per heavy atom. The first-order valence-electron chi connectivity index (χ1n) is 8.73. The first-order chi connectivity index (χ1) is 10.7. The lowest BCUT2D eigenvalue weighted by Gasteiger charge is -2.42. The lowest BCUT2D eigenvalue weighted by atomic mass is 10.1. The van der Waals surface area contributed by atoms with Gasteiger partial charge in [-0.15, -0.1) is 0 Å². The Bertz CT molecular complexity index is 396. The van der Waals surface area contributed by atoms with Gasteiger partial charge in [0, 0.05) is 12.5 Å². The van der Waals surface area contributed by atoms with Crippen LogP contribution >= 0.6 is 0 Å². The fraction of sp³-hybridized carbons (Fsp3) is 0.882. The van der Waals surface area contributed by atoms with Gasteiger partial charge in [0.05, 0.1) is 17.2 Å². The smallest absolute Gasteiger partial charge is 0.496 e. The molecule has 6 heteroatoms. The number of carbonyl (C=O) groups excluding carboxylic acids is 2. The van der Waals surface area contributed by atoms with Crippen molar-refractivity contribution in [1.29, 1.82) is 0 Å². The molecular weight excluding hydrogens is 311 g/mol. The summed E-state index contributed by atoms with van der Waals surface area (Å²) in [5, 5.41) is 1.10. The third kappa shape index (κ3) is 7.35. The van der Waals surface area contributed by atoms with Crippen LogP contribution in [0.1, 0.15) is 66.7 Å². The molecule has 0 saturated carbocycles. The highest BCUT2D eigenvalue weighted by atomic mass is 27.2. The zero-order valence-electron chi connectivity index (χ0n) is 15.2. The Balaban J connectivity index is 2.71. The second-order valence-corrected chi connectivity index (χ2v) is 9.88. The number of rotatable bonds is 9. The second kappa shape index (κ2) is 9.78. The molecule has 1 aliphatic heterocycles. The molecule has 0 amide bonds. The summed E-state index contributed by atoms with van der Waals surface area (Å²) >= 11 is -1.56. The quantitative estimate of drug-likeness (QED) is 0.366. The van der Waals surface area contributed by atoms with Crippen molar-refractivity contribution in [2.45, 2.75) is 88.7 Å². The first kappa shape index (κ1) is 20.6. The van der Waals surface area contributed by atoms with Crippen LogP contribution in [-0.4, -0.2) is 49.5 Å². The van der Waals surface area contributed by atoms with E-state index in [1.54, 1.807) is 0 Å². The second-order valence-electron chi connectivity index (χ2n) is 7.00. The van der Waals surface area contributed by atoms with Crippen molar-refractivity contribution < 1.29 is 22.9 Å². The van der Waals surface area contributed by atoms with Crippen molar-refractivity contribution in [3.63, 3.8) is 0 Å². The highest BCUT2D eigenvalue weighted by Gasteiger charge is 2.50. The average Bonchev–Trinajstić information content (AvgIpc) is 2.39. The number of Topliss-reactive ketones (excluding diaryl/α,β-unsaturated/α-hetero) is 1. The molecule has 0 N–H and O–H groups in total. The predicted molar refractivity (Wildman–Crippen MR) is 90.5 cm³/mol. The van der Waals surface area contributed by atoms with E-state index in [-0.39, 0.29) is 28.9 Å². The van der Waals surface area contributed by atoms with Gasteiger partial charge < -0.3 is 13.3 Å². The molecular formula is C17H31AlO5. The van der Waals surface area contributed by atoms with Crippen molar-refractivity contribution in [2.75, 3.05) is 6.61 Å². The lowest BCUT2D eigenvalue weighted by molar-refractivity contribution is -0.147. The van der Waals surface area contributed by atoms with Crippen LogP contribution in [0.3, 0.4) is 0 Å². The van der Waals surface area contributed by atoms with E-state index in [0.29, 0.717) is 13.0 Å². The summed E-state index contributed by atoms with van der Waals surface area (Å²) < 4.78 is 17.6. The summed E-state index contributed by atoms with van der Waals surface area (Å²) in [4.78, 5) is 22.5. The number of carbonyl (C=O) groups is 2. The topological polar surface area (TPSA) is 61.8 Å². The Hall–Kier alpha value is -0.408. The highest BCUT2D eigenvalue weighted by Crippen LogP contribution is 2.36. The van der Waals surface area contributed by atoms with Gasteiger partial charge in [-0.3, -0.25) is 9.59 Å². The van der Waals surface area contributed by atoms with E-state index in [1.165, 1.54) is 13.3 Å². The van der Waals surface area contributed by atoms with Gasteiger partial charge in [-0.05, 0) is 41.0 Å². The number of hydrogen-bond acceptors (Lipinski definition) is 5. The van der Waals surface area contributed by atoms with Crippen LogP contribution in [-0.2, 0) is 22.9 Å². The summed E-state index contributed by atoms with van der Waals surface area (Å²) in [5.41, 5.74) is 0. The van der Waals surface area contributed by atoms with E-state index in [4.69, 9.17) is 13.3 Å². The summed E-state index contributed by atoms with van der Waals surface area (Å²) in [6.45, 7) is 9.90. The normalized spacial score (nSPS) is 21.8. The van der Waals surface area contributed by atoms with Crippen molar-refractivity contribution >= 4 is 26.2 Å². The molecule has 1 unspecified atom stereocenters. The van der Waals surface area contributed by atoms with Crippen LogP contribution < -0.4 is 0 Å². The fourth-order valence-corrected chi connectivity index (χ4v) is 6.86. The van der Waals surface area contributed by atoms with Gasteiger partial charge in [-0.25, -0.2) is 0 Å². The van der Waals surface area contributed by atoms with Gasteiger partial charge in [-0.2, -0.15) is 0 Å². The van der Waals surface area contributed by atoms with Crippen LogP contribution in [0.5, 0.6) is 0 Å². The number of hydrogen-bond donors (Lipinski definition) is 0. The molecule has 1 heterocycles. The molecule has 0 aromatic carbocycles. The maximum absolute atomic E-state index is 11.6. The van der Waals surface area contributed by atoms with E-state index >= 15 is 0 Å². The average molecular weight is 342 g/mol. The standard InChI is InChI=1S/C14H24O4.C3H7O.Al/c1-5-6-7-13(18-11(2)3)8-9-17-14(16)10-12(4)15;1-3(2)4;/h11H,1,5-10H2,2-4H3;3H,1-2H3;/q;-1;+1. The van der Waals surface area contributed by atoms with E-state index in [2.05, 4.69) is 13.8 Å². The van der Waals surface area contributed by atoms with E-state index in [9.17, 15) is 9.59 Å². The van der Waals surface area contributed by atoms with Crippen molar-refractivity contribution in [2.24, 2.45) is 0 Å². The van der Waals surface area contributed by atoms with Gasteiger partial charge in [-0.1, -0.05) is 18.1 Å². The Labute approximate surface area is 144 Å². The van der Waals surface area contributed by atoms with E-state index in [0.717, 1.165) is 18.1 Å². The van der Waals surface area contributed by atoms with E-state index in [1.807, 2.05) is 13.8 Å². The highest BCUT2D eigenvalue weighted by molar-refractivity contribution is 6.55. The van der Waals surface area contributed by atoms with Crippen LogP contribution in [0.25, 0.3) is 0 Å². The van der Waals surface area contributed by atoms with Gasteiger partial charge in [0.15, 0.2) is 0 Å². The molecule has 0 spiro atoms. The Morgan fingerprint density at radius 2 is 1.83 bits per heavy atom. The molecule has 1 rings (SSSR count). The molecule has 0 radical (unpaired) electrons. The molecule has 1 fully saturated rings. The van der Waals surface area contributed by atoms with Crippen LogP contribution in [0.4, 0.5) is 0 Å². The largest absolute Gasteiger partial charge is 0.497 e. The summed E-state index contributed by atoms with van der Waals surface area (Å²) in [6, 6.07) is 0.